The molecule has 2 fully saturated rings. The maximum atomic E-state index is 11.9. The quantitative estimate of drug-likeness (QED) is 0.304. The molecule has 0 amide bonds. The number of carboxylic acid groups (broad SMARTS) is 2. The van der Waals surface area contributed by atoms with Gasteiger partial charge in [-0.3, -0.25) is 14.3 Å². The van der Waals surface area contributed by atoms with Crippen LogP contribution in [0.2, 0.25) is 0 Å². The van der Waals surface area contributed by atoms with Gasteiger partial charge in [0, 0.05) is 6.42 Å². The molecule has 4 heterocycles. The van der Waals surface area contributed by atoms with Gasteiger partial charge in [0.2, 0.25) is 11.5 Å². The Labute approximate surface area is 154 Å². The summed E-state index contributed by atoms with van der Waals surface area (Å²) < 4.78 is 12.2. The minimum absolute atomic E-state index is 0.0281. The van der Waals surface area contributed by atoms with E-state index < -0.39 is 60.2 Å². The summed E-state index contributed by atoms with van der Waals surface area (Å²) in [7, 11) is 0. The van der Waals surface area contributed by atoms with Crippen molar-refractivity contribution in [2.75, 3.05) is 5.73 Å². The zero-order valence-electron chi connectivity index (χ0n) is 13.9. The summed E-state index contributed by atoms with van der Waals surface area (Å²) in [5.74, 6) is -3.66. The molecular formula is C14H15N5O9. The zero-order valence-corrected chi connectivity index (χ0v) is 13.9. The number of nitrogen functional groups attached to an aromatic ring is 1. The normalized spacial score (nSPS) is 33.1. The summed E-state index contributed by atoms with van der Waals surface area (Å²) >= 11 is 0. The Hall–Kier alpha value is -3.07. The molecule has 6 atom stereocenters. The summed E-state index contributed by atoms with van der Waals surface area (Å²) in [6, 6.07) is 0. The number of hydrogen-bond donors (Lipinski definition) is 6. The number of aromatic nitrogens is 4. The minimum Gasteiger partial charge on any atom is -0.479 e. The smallest absolute Gasteiger partial charge is 0.339 e. The lowest BCUT2D eigenvalue weighted by Gasteiger charge is -2.29. The van der Waals surface area contributed by atoms with E-state index in [1.54, 1.807) is 0 Å². The van der Waals surface area contributed by atoms with Crippen molar-refractivity contribution in [1.29, 1.82) is 0 Å². The lowest BCUT2D eigenvalue weighted by Crippen LogP contribution is -2.54. The number of nitrogens with one attached hydrogen (secondary N) is 1. The van der Waals surface area contributed by atoms with Crippen molar-refractivity contribution >= 4 is 29.1 Å². The Bertz CT molecular complexity index is 1030. The molecule has 28 heavy (non-hydrogen) atoms. The second kappa shape index (κ2) is 5.96. The number of carbonyl (C=O) groups is 2. The van der Waals surface area contributed by atoms with Crippen molar-refractivity contribution < 1.29 is 39.5 Å². The van der Waals surface area contributed by atoms with Crippen molar-refractivity contribution in [1.82, 2.24) is 19.5 Å². The monoisotopic (exact) mass is 397 g/mol. The molecule has 14 nitrogen and oxygen atoms in total. The minimum atomic E-state index is -2.47. The zero-order chi connectivity index (χ0) is 20.4. The molecule has 2 saturated heterocycles. The number of H-pyrrole nitrogens is 1. The van der Waals surface area contributed by atoms with E-state index in [1.807, 2.05) is 0 Å². The van der Waals surface area contributed by atoms with Crippen LogP contribution in [0.4, 0.5) is 5.95 Å². The standard InChI is InChI=1S/C14H15N5O9/c15-13-17-8-4(9(22)18-13)16-2-19(8)10-5(20)6-3(27-10)1-14(28-6,12(25)26)7(21)11(23)24/h2-3,5-7,10,20-21H,1H2,(H,23,24)(H,25,26)(H3,15,17,18,22)/t3-,5+,6+,7?,10+,14-/m0/s1. The number of nitrogens with two attached hydrogens (primary N) is 1. The van der Waals surface area contributed by atoms with Crippen LogP contribution in [-0.4, -0.2) is 81.9 Å². The van der Waals surface area contributed by atoms with Gasteiger partial charge in [0.05, 0.1) is 12.4 Å². The van der Waals surface area contributed by atoms with E-state index in [-0.39, 0.29) is 17.1 Å². The van der Waals surface area contributed by atoms with E-state index in [4.69, 9.17) is 20.3 Å². The van der Waals surface area contributed by atoms with E-state index in [0.717, 1.165) is 0 Å². The van der Waals surface area contributed by atoms with Crippen LogP contribution in [0.1, 0.15) is 12.6 Å². The van der Waals surface area contributed by atoms with Crippen molar-refractivity contribution in [3.8, 4) is 0 Å². The summed E-state index contributed by atoms with van der Waals surface area (Å²) in [5, 5.41) is 38.8. The number of aliphatic carboxylic acids is 2. The summed E-state index contributed by atoms with van der Waals surface area (Å²) in [6.07, 6.45) is -6.59. The fourth-order valence-electron chi connectivity index (χ4n) is 3.61. The van der Waals surface area contributed by atoms with Gasteiger partial charge < -0.3 is 35.6 Å². The lowest BCUT2D eigenvalue weighted by atomic mass is 9.92. The molecule has 7 N–H and O–H groups in total. The van der Waals surface area contributed by atoms with Crippen LogP contribution < -0.4 is 11.3 Å². The number of imidazole rings is 1. The SMILES string of the molecule is Nc1nc2c(ncn2[C@@H]2O[C@H]3C[C@@](C(=O)O)(C(O)C(=O)O)O[C@H]3[C@H]2O)c(=O)[nH]1. The molecule has 0 aromatic carbocycles. The Morgan fingerprint density at radius 3 is 2.75 bits per heavy atom. The van der Waals surface area contributed by atoms with Crippen molar-refractivity contribution in [2.24, 2.45) is 0 Å². The molecule has 1 unspecified atom stereocenters. The second-order valence-electron chi connectivity index (χ2n) is 6.55. The molecule has 2 aliphatic heterocycles. The third-order valence-corrected chi connectivity index (χ3v) is 4.92. The number of fused-ring (bicyclic) bond motifs is 2. The predicted octanol–water partition coefficient (Wildman–Crippen LogP) is -2.98. The number of hydrogen-bond acceptors (Lipinski definition) is 10. The molecule has 150 valence electrons. The molecule has 2 aromatic heterocycles. The van der Waals surface area contributed by atoms with Gasteiger partial charge in [0.25, 0.3) is 5.56 Å². The van der Waals surface area contributed by atoms with Crippen molar-refractivity contribution in [3.63, 3.8) is 0 Å². The molecule has 2 aliphatic rings. The number of ether oxygens (including phenoxy) is 2. The van der Waals surface area contributed by atoms with E-state index >= 15 is 0 Å². The Balaban J connectivity index is 1.67. The summed E-state index contributed by atoms with van der Waals surface area (Å²) in [4.78, 5) is 44.7. The molecule has 0 spiro atoms. The molecule has 4 rings (SSSR count). The first-order chi connectivity index (χ1) is 13.2. The highest BCUT2D eigenvalue weighted by Gasteiger charge is 2.64. The number of aliphatic hydroxyl groups is 2. The van der Waals surface area contributed by atoms with E-state index in [0.29, 0.717) is 0 Å². The van der Waals surface area contributed by atoms with Crippen molar-refractivity contribution in [2.45, 2.75) is 42.7 Å². The topological polar surface area (TPSA) is 223 Å². The maximum absolute atomic E-state index is 11.9. The predicted molar refractivity (Wildman–Crippen MR) is 86.0 cm³/mol. The lowest BCUT2D eigenvalue weighted by molar-refractivity contribution is -0.197. The van der Waals surface area contributed by atoms with Gasteiger partial charge in [-0.05, 0) is 0 Å². The van der Waals surface area contributed by atoms with Gasteiger partial charge in [0.15, 0.2) is 23.5 Å². The number of rotatable bonds is 4. The third kappa shape index (κ3) is 2.39. The van der Waals surface area contributed by atoms with Crippen molar-refractivity contribution in [3.05, 3.63) is 16.7 Å². The Kier molecular flexibility index (Phi) is 3.90. The summed E-state index contributed by atoms with van der Waals surface area (Å²) in [6.45, 7) is 0. The molecule has 0 saturated carbocycles. The van der Waals surface area contributed by atoms with Gasteiger partial charge in [-0.15, -0.1) is 0 Å². The molecular weight excluding hydrogens is 382 g/mol. The highest BCUT2D eigenvalue weighted by atomic mass is 16.6. The van der Waals surface area contributed by atoms with Crippen LogP contribution in [0.5, 0.6) is 0 Å². The van der Waals surface area contributed by atoms with Crippen LogP contribution in [0.25, 0.3) is 11.2 Å². The number of carboxylic acids is 2. The number of aliphatic hydroxyl groups excluding tert-OH is 2. The first-order valence-electron chi connectivity index (χ1n) is 8.03. The average molecular weight is 397 g/mol. The largest absolute Gasteiger partial charge is 0.479 e. The van der Waals surface area contributed by atoms with Gasteiger partial charge in [-0.25, -0.2) is 14.6 Å². The van der Waals surface area contributed by atoms with Gasteiger partial charge in [-0.2, -0.15) is 4.98 Å². The Morgan fingerprint density at radius 1 is 1.43 bits per heavy atom. The molecule has 14 heteroatoms. The van der Waals surface area contributed by atoms with Crippen LogP contribution in [-0.2, 0) is 19.1 Å². The fraction of sp³-hybridized carbons (Fsp3) is 0.500. The van der Waals surface area contributed by atoms with E-state index in [2.05, 4.69) is 15.0 Å². The molecule has 2 aromatic rings. The number of aromatic amines is 1. The average Bonchev–Trinajstić information content (AvgIpc) is 3.27. The molecule has 0 radical (unpaired) electrons. The maximum Gasteiger partial charge on any atom is 0.339 e. The second-order valence-corrected chi connectivity index (χ2v) is 6.55. The van der Waals surface area contributed by atoms with Gasteiger partial charge in [-0.1, -0.05) is 0 Å². The first kappa shape index (κ1) is 18.3. The number of anilines is 1. The van der Waals surface area contributed by atoms with Crippen LogP contribution >= 0.6 is 0 Å². The molecule has 0 bridgehead atoms. The highest BCUT2D eigenvalue weighted by molar-refractivity contribution is 5.87. The van der Waals surface area contributed by atoms with Gasteiger partial charge >= 0.3 is 11.9 Å². The third-order valence-electron chi connectivity index (χ3n) is 4.92. The number of nitrogens with zero attached hydrogens (tertiary/aromatic N) is 3. The van der Waals surface area contributed by atoms with E-state index in [9.17, 15) is 29.7 Å². The highest BCUT2D eigenvalue weighted by Crippen LogP contribution is 2.45. The van der Waals surface area contributed by atoms with Crippen LogP contribution in [0.3, 0.4) is 0 Å². The van der Waals surface area contributed by atoms with Crippen LogP contribution in [0.15, 0.2) is 11.1 Å². The Morgan fingerprint density at radius 2 is 2.14 bits per heavy atom. The van der Waals surface area contributed by atoms with Crippen LogP contribution in [0, 0.1) is 0 Å². The van der Waals surface area contributed by atoms with E-state index in [1.165, 1.54) is 10.9 Å². The van der Waals surface area contributed by atoms with Gasteiger partial charge in [0.1, 0.15) is 12.2 Å². The molecule has 0 aliphatic carbocycles. The summed E-state index contributed by atoms with van der Waals surface area (Å²) in [5.41, 5.74) is 2.43. The fourth-order valence-corrected chi connectivity index (χ4v) is 3.61. The first-order valence-corrected chi connectivity index (χ1v) is 8.03.